The summed E-state index contributed by atoms with van der Waals surface area (Å²) in [5, 5.41) is 2.73. The van der Waals surface area contributed by atoms with Gasteiger partial charge in [0.2, 0.25) is 0 Å². The Morgan fingerprint density at radius 2 is 1.42 bits per heavy atom. The normalized spacial score (nSPS) is 10.2. The molecule has 4 nitrogen and oxygen atoms in total. The van der Waals surface area contributed by atoms with E-state index < -0.39 is 0 Å². The zero-order valence-corrected chi connectivity index (χ0v) is 14.0. The molecule has 0 aliphatic heterocycles. The molecule has 1 amide bonds. The number of amides is 1. The second-order valence-corrected chi connectivity index (χ2v) is 5.59. The highest BCUT2D eigenvalue weighted by atomic mass is 19.1. The maximum absolute atomic E-state index is 12.8. The lowest BCUT2D eigenvalue weighted by Crippen LogP contribution is -2.20. The van der Waals surface area contributed by atoms with Crippen molar-refractivity contribution in [3.05, 3.63) is 90.2 Å². The van der Waals surface area contributed by atoms with E-state index in [4.69, 9.17) is 9.47 Å². The number of carbonyl (C=O) groups excluding carboxylic acids is 1. The molecule has 26 heavy (non-hydrogen) atoms. The lowest BCUT2D eigenvalue weighted by Gasteiger charge is -2.09. The number of hydrogen-bond acceptors (Lipinski definition) is 3. The summed E-state index contributed by atoms with van der Waals surface area (Å²) in [7, 11) is 0. The van der Waals surface area contributed by atoms with E-state index in [2.05, 4.69) is 5.32 Å². The van der Waals surface area contributed by atoms with E-state index >= 15 is 0 Å². The average Bonchev–Trinajstić information content (AvgIpc) is 2.68. The van der Waals surface area contributed by atoms with Crippen LogP contribution in [0.2, 0.25) is 0 Å². The minimum absolute atomic E-state index is 0.155. The van der Waals surface area contributed by atoms with Crippen molar-refractivity contribution in [2.45, 2.75) is 6.61 Å². The van der Waals surface area contributed by atoms with Gasteiger partial charge in [-0.1, -0.05) is 30.3 Å². The first-order valence-electron chi connectivity index (χ1n) is 8.14. The first-order valence-corrected chi connectivity index (χ1v) is 8.14. The maximum Gasteiger partial charge on any atom is 0.262 e. The summed E-state index contributed by atoms with van der Waals surface area (Å²) >= 11 is 0. The van der Waals surface area contributed by atoms with E-state index in [9.17, 15) is 9.18 Å². The number of hydrogen-bond donors (Lipinski definition) is 1. The molecule has 0 fully saturated rings. The smallest absolute Gasteiger partial charge is 0.262 e. The van der Waals surface area contributed by atoms with Crippen molar-refractivity contribution in [2.75, 3.05) is 11.9 Å². The van der Waals surface area contributed by atoms with Crippen molar-refractivity contribution in [1.29, 1.82) is 0 Å². The second kappa shape index (κ2) is 8.67. The van der Waals surface area contributed by atoms with Crippen LogP contribution < -0.4 is 14.8 Å². The third-order valence-corrected chi connectivity index (χ3v) is 3.57. The van der Waals surface area contributed by atoms with Crippen molar-refractivity contribution in [3.8, 4) is 11.5 Å². The first-order chi connectivity index (χ1) is 12.7. The minimum atomic E-state index is -0.351. The zero-order chi connectivity index (χ0) is 18.2. The Kier molecular flexibility index (Phi) is 5.83. The Labute approximate surface area is 151 Å². The van der Waals surface area contributed by atoms with Crippen LogP contribution in [0.25, 0.3) is 0 Å². The molecule has 5 heteroatoms. The van der Waals surface area contributed by atoms with E-state index in [0.717, 1.165) is 11.3 Å². The highest BCUT2D eigenvalue weighted by Crippen LogP contribution is 2.17. The lowest BCUT2D eigenvalue weighted by molar-refractivity contribution is -0.118. The molecule has 0 radical (unpaired) electrons. The number of ether oxygens (including phenoxy) is 2. The molecule has 0 aliphatic carbocycles. The Morgan fingerprint density at radius 3 is 2.12 bits per heavy atom. The van der Waals surface area contributed by atoms with Gasteiger partial charge in [-0.2, -0.15) is 0 Å². The molecule has 0 unspecified atom stereocenters. The SMILES string of the molecule is O=C(COc1ccc(F)cc1)Nc1ccc(OCc2ccccc2)cc1. The number of anilines is 1. The van der Waals surface area contributed by atoms with E-state index in [0.29, 0.717) is 18.0 Å². The summed E-state index contributed by atoms with van der Waals surface area (Å²) in [6, 6.07) is 22.5. The van der Waals surface area contributed by atoms with Gasteiger partial charge in [-0.25, -0.2) is 4.39 Å². The number of benzene rings is 3. The Balaban J connectivity index is 1.45. The molecular formula is C21H18FNO3. The van der Waals surface area contributed by atoms with Gasteiger partial charge in [0.15, 0.2) is 6.61 Å². The minimum Gasteiger partial charge on any atom is -0.489 e. The van der Waals surface area contributed by atoms with Gasteiger partial charge in [-0.05, 0) is 54.1 Å². The van der Waals surface area contributed by atoms with Crippen LogP contribution in [0.15, 0.2) is 78.9 Å². The van der Waals surface area contributed by atoms with Crippen molar-refractivity contribution in [3.63, 3.8) is 0 Å². The Bertz CT molecular complexity index is 833. The molecule has 132 valence electrons. The van der Waals surface area contributed by atoms with Crippen LogP contribution in [0.5, 0.6) is 11.5 Å². The van der Waals surface area contributed by atoms with Crippen molar-refractivity contribution >= 4 is 11.6 Å². The van der Waals surface area contributed by atoms with Gasteiger partial charge in [0, 0.05) is 5.69 Å². The van der Waals surface area contributed by atoms with Gasteiger partial charge >= 0.3 is 0 Å². The molecule has 0 spiro atoms. The molecule has 0 bridgehead atoms. The van der Waals surface area contributed by atoms with Crippen LogP contribution in [0.4, 0.5) is 10.1 Å². The fourth-order valence-corrected chi connectivity index (χ4v) is 2.25. The molecule has 0 aromatic heterocycles. The third kappa shape index (κ3) is 5.34. The predicted octanol–water partition coefficient (Wildman–Crippen LogP) is 4.42. The van der Waals surface area contributed by atoms with Crippen molar-refractivity contribution < 1.29 is 18.7 Å². The standard InChI is InChI=1S/C21H18FNO3/c22-17-6-10-19(11-7-17)26-15-21(24)23-18-8-12-20(13-9-18)25-14-16-4-2-1-3-5-16/h1-13H,14-15H2,(H,23,24). The van der Waals surface area contributed by atoms with Gasteiger partial charge in [0.05, 0.1) is 0 Å². The monoisotopic (exact) mass is 351 g/mol. The fourth-order valence-electron chi connectivity index (χ4n) is 2.25. The molecular weight excluding hydrogens is 333 g/mol. The highest BCUT2D eigenvalue weighted by molar-refractivity contribution is 5.91. The predicted molar refractivity (Wildman–Crippen MR) is 97.7 cm³/mol. The first kappa shape index (κ1) is 17.5. The van der Waals surface area contributed by atoms with Gasteiger partial charge < -0.3 is 14.8 Å². The van der Waals surface area contributed by atoms with Crippen LogP contribution in [0.1, 0.15) is 5.56 Å². The third-order valence-electron chi connectivity index (χ3n) is 3.57. The number of rotatable bonds is 7. The summed E-state index contributed by atoms with van der Waals surface area (Å²) in [6.07, 6.45) is 0. The average molecular weight is 351 g/mol. The number of halogens is 1. The molecule has 3 aromatic carbocycles. The zero-order valence-electron chi connectivity index (χ0n) is 14.0. The van der Waals surface area contributed by atoms with Gasteiger partial charge in [-0.15, -0.1) is 0 Å². The fraction of sp³-hybridized carbons (Fsp3) is 0.0952. The summed E-state index contributed by atoms with van der Waals surface area (Å²) < 4.78 is 23.8. The molecule has 3 rings (SSSR count). The molecule has 1 N–H and O–H groups in total. The summed E-state index contributed by atoms with van der Waals surface area (Å²) in [6.45, 7) is 0.329. The quantitative estimate of drug-likeness (QED) is 0.685. The number of nitrogens with one attached hydrogen (secondary N) is 1. The van der Waals surface area contributed by atoms with Crippen LogP contribution in [-0.2, 0) is 11.4 Å². The summed E-state index contributed by atoms with van der Waals surface area (Å²) in [4.78, 5) is 11.9. The van der Waals surface area contributed by atoms with Crippen LogP contribution in [-0.4, -0.2) is 12.5 Å². The topological polar surface area (TPSA) is 47.6 Å². The van der Waals surface area contributed by atoms with Gasteiger partial charge in [0.1, 0.15) is 23.9 Å². The Hall–Kier alpha value is -3.34. The maximum atomic E-state index is 12.8. The molecule has 0 saturated carbocycles. The largest absolute Gasteiger partial charge is 0.489 e. The van der Waals surface area contributed by atoms with E-state index in [1.807, 2.05) is 30.3 Å². The van der Waals surface area contributed by atoms with Gasteiger partial charge in [-0.3, -0.25) is 4.79 Å². The summed E-state index contributed by atoms with van der Waals surface area (Å²) in [5.74, 6) is 0.504. The molecule has 3 aromatic rings. The van der Waals surface area contributed by atoms with Crippen molar-refractivity contribution in [2.24, 2.45) is 0 Å². The molecule has 0 atom stereocenters. The van der Waals surface area contributed by atoms with Crippen molar-refractivity contribution in [1.82, 2.24) is 0 Å². The van der Waals surface area contributed by atoms with E-state index in [-0.39, 0.29) is 18.3 Å². The van der Waals surface area contributed by atoms with Crippen LogP contribution in [0.3, 0.4) is 0 Å². The van der Waals surface area contributed by atoms with Crippen LogP contribution in [0, 0.1) is 5.82 Å². The molecule has 0 aliphatic rings. The molecule has 0 saturated heterocycles. The van der Waals surface area contributed by atoms with E-state index in [1.165, 1.54) is 24.3 Å². The highest BCUT2D eigenvalue weighted by Gasteiger charge is 2.04. The molecule has 0 heterocycles. The summed E-state index contributed by atoms with van der Waals surface area (Å²) in [5.41, 5.74) is 1.73. The van der Waals surface area contributed by atoms with E-state index in [1.54, 1.807) is 24.3 Å². The van der Waals surface area contributed by atoms with Gasteiger partial charge in [0.25, 0.3) is 5.91 Å². The lowest BCUT2D eigenvalue weighted by atomic mass is 10.2. The van der Waals surface area contributed by atoms with Crippen LogP contribution >= 0.6 is 0 Å². The second-order valence-electron chi connectivity index (χ2n) is 5.59. The number of carbonyl (C=O) groups is 1. The Morgan fingerprint density at radius 1 is 0.808 bits per heavy atom.